The van der Waals surface area contributed by atoms with Crippen molar-refractivity contribution in [2.24, 2.45) is 5.84 Å². The van der Waals surface area contributed by atoms with Gasteiger partial charge in [0.1, 0.15) is 17.4 Å². The van der Waals surface area contributed by atoms with Gasteiger partial charge in [0.05, 0.1) is 0 Å². The van der Waals surface area contributed by atoms with Gasteiger partial charge in [0.25, 0.3) is 0 Å². The lowest BCUT2D eigenvalue weighted by Gasteiger charge is -2.12. The summed E-state index contributed by atoms with van der Waals surface area (Å²) in [7, 11) is 0. The van der Waals surface area contributed by atoms with Crippen molar-refractivity contribution in [1.29, 1.82) is 0 Å². The number of nitrogens with zero attached hydrogens (tertiary/aromatic N) is 2. The smallest absolute Gasteiger partial charge is 0.224 e. The predicted molar refractivity (Wildman–Crippen MR) is 79.9 cm³/mol. The molecule has 106 valence electrons. The summed E-state index contributed by atoms with van der Waals surface area (Å²) in [4.78, 5) is 8.72. The maximum Gasteiger partial charge on any atom is 0.224 e. The molecule has 0 aliphatic rings. The zero-order chi connectivity index (χ0) is 14.7. The topological polar surface area (TPSA) is 73.1 Å². The molecule has 20 heavy (non-hydrogen) atoms. The van der Waals surface area contributed by atoms with Crippen molar-refractivity contribution in [3.05, 3.63) is 41.2 Å². The molecule has 2 rings (SSSR count). The highest BCUT2D eigenvalue weighted by atomic mass is 16.5. The van der Waals surface area contributed by atoms with E-state index in [2.05, 4.69) is 28.4 Å². The van der Waals surface area contributed by atoms with Crippen molar-refractivity contribution in [2.45, 2.75) is 33.6 Å². The molecule has 0 saturated heterocycles. The highest BCUT2D eigenvalue weighted by Crippen LogP contribution is 2.27. The number of hydrogen-bond donors (Lipinski definition) is 2. The van der Waals surface area contributed by atoms with E-state index in [0.717, 1.165) is 11.3 Å². The molecule has 1 aromatic heterocycles. The Labute approximate surface area is 119 Å². The van der Waals surface area contributed by atoms with Crippen molar-refractivity contribution >= 4 is 5.82 Å². The number of nitrogens with two attached hydrogens (primary N) is 1. The van der Waals surface area contributed by atoms with Crippen LogP contribution in [0.1, 0.15) is 36.7 Å². The van der Waals surface area contributed by atoms with Crippen LogP contribution in [-0.4, -0.2) is 9.97 Å². The van der Waals surface area contributed by atoms with Crippen LogP contribution in [0.15, 0.2) is 24.3 Å². The molecule has 0 bridgehead atoms. The maximum atomic E-state index is 5.88. The third-order valence-corrected chi connectivity index (χ3v) is 3.15. The summed E-state index contributed by atoms with van der Waals surface area (Å²) in [5, 5.41) is 0. The Morgan fingerprint density at radius 1 is 1.20 bits per heavy atom. The number of benzene rings is 1. The molecule has 0 unspecified atom stereocenters. The van der Waals surface area contributed by atoms with E-state index in [4.69, 9.17) is 10.6 Å². The van der Waals surface area contributed by atoms with E-state index in [1.165, 1.54) is 5.56 Å². The Balaban J connectivity index is 2.37. The normalized spacial score (nSPS) is 10.7. The van der Waals surface area contributed by atoms with Crippen molar-refractivity contribution < 1.29 is 4.74 Å². The quantitative estimate of drug-likeness (QED) is 0.660. The monoisotopic (exact) mass is 272 g/mol. The van der Waals surface area contributed by atoms with Gasteiger partial charge in [-0.25, -0.2) is 10.8 Å². The second-order valence-corrected chi connectivity index (χ2v) is 5.05. The summed E-state index contributed by atoms with van der Waals surface area (Å²) in [5.74, 6) is 8.16. The summed E-state index contributed by atoms with van der Waals surface area (Å²) < 4.78 is 5.88. The van der Waals surface area contributed by atoms with Crippen LogP contribution in [0.25, 0.3) is 0 Å². The Bertz CT molecular complexity index is 611. The van der Waals surface area contributed by atoms with Crippen LogP contribution in [0.3, 0.4) is 0 Å². The summed E-state index contributed by atoms with van der Waals surface area (Å²) >= 11 is 0. The van der Waals surface area contributed by atoms with Gasteiger partial charge >= 0.3 is 0 Å². The van der Waals surface area contributed by atoms with E-state index in [0.29, 0.717) is 17.5 Å². The fourth-order valence-electron chi connectivity index (χ4n) is 1.77. The van der Waals surface area contributed by atoms with E-state index in [1.807, 2.05) is 32.9 Å². The van der Waals surface area contributed by atoms with Crippen LogP contribution >= 0.6 is 0 Å². The Hall–Kier alpha value is -2.14. The predicted octanol–water partition coefficient (Wildman–Crippen LogP) is 3.29. The number of nitrogen functional groups attached to an aromatic ring is 1. The molecular weight excluding hydrogens is 252 g/mol. The summed E-state index contributed by atoms with van der Waals surface area (Å²) in [6, 6.07) is 7.63. The minimum absolute atomic E-state index is 0.198. The zero-order valence-electron chi connectivity index (χ0n) is 12.3. The van der Waals surface area contributed by atoms with Gasteiger partial charge in [-0.1, -0.05) is 26.0 Å². The number of hydrazine groups is 1. The summed E-state index contributed by atoms with van der Waals surface area (Å²) in [5.41, 5.74) is 4.82. The van der Waals surface area contributed by atoms with E-state index in [1.54, 1.807) is 6.07 Å². The van der Waals surface area contributed by atoms with E-state index in [9.17, 15) is 0 Å². The van der Waals surface area contributed by atoms with Crippen molar-refractivity contribution in [2.75, 3.05) is 5.43 Å². The minimum Gasteiger partial charge on any atom is -0.439 e. The van der Waals surface area contributed by atoms with Gasteiger partial charge in [-0.2, -0.15) is 4.98 Å². The van der Waals surface area contributed by atoms with Crippen LogP contribution in [0.4, 0.5) is 5.82 Å². The highest BCUT2D eigenvalue weighted by molar-refractivity contribution is 5.43. The molecule has 1 aromatic carbocycles. The van der Waals surface area contributed by atoms with Gasteiger partial charge in [0.2, 0.25) is 5.88 Å². The first-order valence-electron chi connectivity index (χ1n) is 6.61. The molecule has 5 heteroatoms. The van der Waals surface area contributed by atoms with E-state index >= 15 is 0 Å². The lowest BCUT2D eigenvalue weighted by Crippen LogP contribution is -2.11. The fraction of sp³-hybridized carbons (Fsp3) is 0.333. The number of hydrogen-bond acceptors (Lipinski definition) is 5. The van der Waals surface area contributed by atoms with Crippen LogP contribution < -0.4 is 16.0 Å². The second kappa shape index (κ2) is 5.88. The first kappa shape index (κ1) is 14.3. The zero-order valence-corrected chi connectivity index (χ0v) is 12.3. The lowest BCUT2D eigenvalue weighted by atomic mass is 10.1. The maximum absolute atomic E-state index is 5.88. The molecule has 2 aromatic rings. The molecule has 1 heterocycles. The third kappa shape index (κ3) is 3.05. The molecule has 0 radical (unpaired) electrons. The Morgan fingerprint density at radius 3 is 2.60 bits per heavy atom. The average molecular weight is 272 g/mol. The average Bonchev–Trinajstić information content (AvgIpc) is 2.43. The summed E-state index contributed by atoms with van der Waals surface area (Å²) in [6.07, 6.45) is 0. The van der Waals surface area contributed by atoms with Crippen LogP contribution in [0.2, 0.25) is 0 Å². The molecular formula is C15H20N4O. The second-order valence-electron chi connectivity index (χ2n) is 5.05. The Kier molecular flexibility index (Phi) is 4.20. The van der Waals surface area contributed by atoms with Gasteiger partial charge < -0.3 is 10.2 Å². The number of aromatic nitrogens is 2. The first-order chi connectivity index (χ1) is 9.51. The number of anilines is 1. The van der Waals surface area contributed by atoms with Gasteiger partial charge in [0.15, 0.2) is 0 Å². The number of nitrogens with one attached hydrogen (secondary N) is 1. The molecule has 0 fully saturated rings. The lowest BCUT2D eigenvalue weighted by molar-refractivity contribution is 0.453. The summed E-state index contributed by atoms with van der Waals surface area (Å²) in [6.45, 7) is 8.13. The molecule has 0 aliphatic carbocycles. The molecule has 0 saturated carbocycles. The van der Waals surface area contributed by atoms with Crippen molar-refractivity contribution in [3.63, 3.8) is 0 Å². The van der Waals surface area contributed by atoms with Crippen LogP contribution in [-0.2, 0) is 0 Å². The van der Waals surface area contributed by atoms with Gasteiger partial charge in [-0.3, -0.25) is 0 Å². The van der Waals surface area contributed by atoms with Crippen LogP contribution in [0, 0.1) is 13.8 Å². The first-order valence-corrected chi connectivity index (χ1v) is 6.61. The standard InChI is InChI=1S/C15H20N4O/c1-9(2)15-17-13(19-16)8-14(18-15)20-12-7-5-6-10(3)11(12)4/h5-9H,16H2,1-4H3,(H,17,18,19). The highest BCUT2D eigenvalue weighted by Gasteiger charge is 2.10. The number of ether oxygens (including phenoxy) is 1. The molecule has 0 atom stereocenters. The largest absolute Gasteiger partial charge is 0.439 e. The fourth-order valence-corrected chi connectivity index (χ4v) is 1.77. The van der Waals surface area contributed by atoms with E-state index < -0.39 is 0 Å². The van der Waals surface area contributed by atoms with Crippen molar-refractivity contribution in [1.82, 2.24) is 9.97 Å². The number of aryl methyl sites for hydroxylation is 1. The van der Waals surface area contributed by atoms with Gasteiger partial charge in [-0.05, 0) is 31.0 Å². The molecule has 3 N–H and O–H groups in total. The van der Waals surface area contributed by atoms with Gasteiger partial charge in [0, 0.05) is 12.0 Å². The molecule has 0 amide bonds. The van der Waals surface area contributed by atoms with E-state index in [-0.39, 0.29) is 5.92 Å². The SMILES string of the molecule is Cc1cccc(Oc2cc(NN)nc(C(C)C)n2)c1C. The third-order valence-electron chi connectivity index (χ3n) is 3.15. The van der Waals surface area contributed by atoms with Gasteiger partial charge in [-0.15, -0.1) is 0 Å². The Morgan fingerprint density at radius 2 is 1.95 bits per heavy atom. The molecule has 5 nitrogen and oxygen atoms in total. The van der Waals surface area contributed by atoms with Crippen LogP contribution in [0.5, 0.6) is 11.6 Å². The number of rotatable bonds is 4. The molecule has 0 aliphatic heterocycles. The molecule has 0 spiro atoms. The van der Waals surface area contributed by atoms with Crippen molar-refractivity contribution in [3.8, 4) is 11.6 Å². The minimum atomic E-state index is 0.198.